The zero-order valence-corrected chi connectivity index (χ0v) is 9.18. The molecule has 2 nitrogen and oxygen atoms in total. The van der Waals surface area contributed by atoms with Crippen molar-refractivity contribution in [3.05, 3.63) is 45.4 Å². The lowest BCUT2D eigenvalue weighted by atomic mass is 10.1. The van der Waals surface area contributed by atoms with Gasteiger partial charge in [-0.3, -0.25) is 4.79 Å². The Labute approximate surface area is 94.0 Å². The summed E-state index contributed by atoms with van der Waals surface area (Å²) in [6.45, 7) is 0. The lowest BCUT2D eigenvalue weighted by Crippen LogP contribution is -2.06. The Hall–Kier alpha value is -1.02. The zero-order chi connectivity index (χ0) is 10.7. The van der Waals surface area contributed by atoms with Crippen molar-refractivity contribution in [2.75, 3.05) is 0 Å². The van der Waals surface area contributed by atoms with Gasteiger partial charge in [-0.25, -0.2) is 0 Å². The van der Waals surface area contributed by atoms with E-state index in [2.05, 4.69) is 17.1 Å². The van der Waals surface area contributed by atoms with Gasteiger partial charge in [0.25, 0.3) is 5.56 Å². The van der Waals surface area contributed by atoms with E-state index in [0.29, 0.717) is 11.6 Å². The van der Waals surface area contributed by atoms with Crippen molar-refractivity contribution < 1.29 is 0 Å². The maximum atomic E-state index is 11.2. The van der Waals surface area contributed by atoms with Crippen LogP contribution < -0.4 is 5.56 Å². The van der Waals surface area contributed by atoms with Gasteiger partial charge in [-0.1, -0.05) is 30.5 Å². The van der Waals surface area contributed by atoms with Gasteiger partial charge in [0.05, 0.1) is 0 Å². The molecule has 1 radical (unpaired) electrons. The van der Waals surface area contributed by atoms with E-state index in [4.69, 9.17) is 11.6 Å². The molecule has 1 aromatic heterocycles. The van der Waals surface area contributed by atoms with E-state index in [1.807, 2.05) is 0 Å². The molecular weight excluding hydrogens is 210 g/mol. The second-order valence-electron chi connectivity index (χ2n) is 3.90. The minimum Gasteiger partial charge on any atom is -0.321 e. The van der Waals surface area contributed by atoms with Crippen molar-refractivity contribution >= 4 is 11.6 Å². The smallest absolute Gasteiger partial charge is 0.267 e. The Morgan fingerprint density at radius 1 is 1.40 bits per heavy atom. The molecule has 0 amide bonds. The molecule has 0 saturated heterocycles. The summed E-state index contributed by atoms with van der Waals surface area (Å²) < 4.78 is 0. The van der Waals surface area contributed by atoms with Crippen molar-refractivity contribution in [2.24, 2.45) is 5.92 Å². The highest BCUT2D eigenvalue weighted by Crippen LogP contribution is 2.25. The van der Waals surface area contributed by atoms with Gasteiger partial charge in [-0.2, -0.15) is 0 Å². The molecule has 1 aromatic rings. The SMILES string of the molecule is O=c1[nH]c([C]=CC2CCCC2)ccc1Cl. The van der Waals surface area contributed by atoms with Crippen LogP contribution in [-0.2, 0) is 0 Å². The quantitative estimate of drug-likeness (QED) is 0.820. The van der Waals surface area contributed by atoms with E-state index in [1.54, 1.807) is 12.1 Å². The molecule has 1 fully saturated rings. The number of pyridine rings is 1. The molecular formula is C12H13ClNO. The van der Waals surface area contributed by atoms with Crippen LogP contribution in [0.2, 0.25) is 5.02 Å². The number of aromatic nitrogens is 1. The molecule has 1 N–H and O–H groups in total. The van der Waals surface area contributed by atoms with E-state index in [0.717, 1.165) is 0 Å². The van der Waals surface area contributed by atoms with Crippen molar-refractivity contribution in [2.45, 2.75) is 25.7 Å². The van der Waals surface area contributed by atoms with Gasteiger partial charge in [0.15, 0.2) is 0 Å². The fraction of sp³-hybridized carbons (Fsp3) is 0.417. The Morgan fingerprint density at radius 3 is 2.80 bits per heavy atom. The highest BCUT2D eigenvalue weighted by atomic mass is 35.5. The molecule has 1 aliphatic rings. The molecule has 0 aliphatic heterocycles. The van der Waals surface area contributed by atoms with Crippen molar-refractivity contribution in [3.8, 4) is 0 Å². The normalized spacial score (nSPS) is 17.7. The number of halogens is 1. The first kappa shape index (κ1) is 10.5. The summed E-state index contributed by atoms with van der Waals surface area (Å²) in [6.07, 6.45) is 10.3. The third kappa shape index (κ3) is 2.72. The predicted molar refractivity (Wildman–Crippen MR) is 60.9 cm³/mol. The van der Waals surface area contributed by atoms with Crippen LogP contribution in [0, 0.1) is 12.0 Å². The molecule has 0 spiro atoms. The maximum absolute atomic E-state index is 11.2. The summed E-state index contributed by atoms with van der Waals surface area (Å²) in [5, 5.41) is 0.224. The minimum absolute atomic E-state index is 0.224. The highest BCUT2D eigenvalue weighted by Gasteiger charge is 2.11. The molecule has 0 aromatic carbocycles. The monoisotopic (exact) mass is 222 g/mol. The topological polar surface area (TPSA) is 32.9 Å². The third-order valence-corrected chi connectivity index (χ3v) is 3.03. The van der Waals surface area contributed by atoms with Crippen LogP contribution in [0.1, 0.15) is 31.4 Å². The van der Waals surface area contributed by atoms with Gasteiger partial charge in [0.2, 0.25) is 0 Å². The summed E-state index contributed by atoms with van der Waals surface area (Å²) in [5.74, 6) is 0.629. The van der Waals surface area contributed by atoms with Crippen molar-refractivity contribution in [1.82, 2.24) is 4.98 Å². The van der Waals surface area contributed by atoms with E-state index < -0.39 is 0 Å². The fourth-order valence-electron chi connectivity index (χ4n) is 1.87. The lowest BCUT2D eigenvalue weighted by Gasteiger charge is -1.99. The van der Waals surface area contributed by atoms with Crippen LogP contribution >= 0.6 is 11.6 Å². The molecule has 0 unspecified atom stereocenters. The van der Waals surface area contributed by atoms with Gasteiger partial charge in [-0.15, -0.1) is 0 Å². The standard InChI is InChI=1S/C12H13ClNO/c13-11-8-7-10(14-12(11)15)6-5-9-3-1-2-4-9/h5,7-9H,1-4H2,(H,14,15). The van der Waals surface area contributed by atoms with Crippen LogP contribution in [0.3, 0.4) is 0 Å². The van der Waals surface area contributed by atoms with Crippen LogP contribution in [0.5, 0.6) is 0 Å². The highest BCUT2D eigenvalue weighted by molar-refractivity contribution is 6.30. The zero-order valence-electron chi connectivity index (χ0n) is 8.42. The Morgan fingerprint density at radius 2 is 2.13 bits per heavy atom. The van der Waals surface area contributed by atoms with Crippen LogP contribution in [0.25, 0.3) is 0 Å². The minimum atomic E-state index is -0.249. The number of hydrogen-bond donors (Lipinski definition) is 1. The lowest BCUT2D eigenvalue weighted by molar-refractivity contribution is 0.683. The predicted octanol–water partition coefficient (Wildman–Crippen LogP) is 2.93. The number of allylic oxidation sites excluding steroid dienone is 1. The molecule has 15 heavy (non-hydrogen) atoms. The van der Waals surface area contributed by atoms with Crippen molar-refractivity contribution in [3.63, 3.8) is 0 Å². The Balaban J connectivity index is 2.09. The molecule has 2 rings (SSSR count). The average molecular weight is 223 g/mol. The van der Waals surface area contributed by atoms with E-state index >= 15 is 0 Å². The maximum Gasteiger partial charge on any atom is 0.267 e. The van der Waals surface area contributed by atoms with Crippen molar-refractivity contribution in [1.29, 1.82) is 0 Å². The summed E-state index contributed by atoms with van der Waals surface area (Å²) in [6, 6.07) is 3.38. The van der Waals surface area contributed by atoms with Gasteiger partial charge in [0.1, 0.15) is 5.02 Å². The van der Waals surface area contributed by atoms with Gasteiger partial charge < -0.3 is 4.98 Å². The number of nitrogens with one attached hydrogen (secondary N) is 1. The molecule has 3 heteroatoms. The van der Waals surface area contributed by atoms with E-state index in [9.17, 15) is 4.79 Å². The first-order valence-electron chi connectivity index (χ1n) is 5.24. The first-order chi connectivity index (χ1) is 7.25. The number of aromatic amines is 1. The number of H-pyrrole nitrogens is 1. The summed E-state index contributed by atoms with van der Waals surface area (Å²) in [5.41, 5.74) is 0.456. The average Bonchev–Trinajstić information content (AvgIpc) is 2.73. The van der Waals surface area contributed by atoms with Crippen LogP contribution in [-0.4, -0.2) is 4.98 Å². The van der Waals surface area contributed by atoms with Gasteiger partial charge >= 0.3 is 0 Å². The summed E-state index contributed by atoms with van der Waals surface area (Å²) >= 11 is 5.63. The van der Waals surface area contributed by atoms with Gasteiger partial charge in [-0.05, 0) is 30.9 Å². The fourth-order valence-corrected chi connectivity index (χ4v) is 1.98. The molecule has 1 aliphatic carbocycles. The van der Waals surface area contributed by atoms with Crippen LogP contribution in [0.15, 0.2) is 23.0 Å². The van der Waals surface area contributed by atoms with Gasteiger partial charge in [0, 0.05) is 11.8 Å². The van der Waals surface area contributed by atoms with Crippen LogP contribution in [0.4, 0.5) is 0 Å². The second kappa shape index (κ2) is 4.67. The third-order valence-electron chi connectivity index (χ3n) is 2.74. The molecule has 1 heterocycles. The molecule has 1 saturated carbocycles. The molecule has 79 valence electrons. The molecule has 0 atom stereocenters. The summed E-state index contributed by atoms with van der Waals surface area (Å²) in [7, 11) is 0. The number of rotatable bonds is 2. The first-order valence-corrected chi connectivity index (χ1v) is 5.62. The largest absolute Gasteiger partial charge is 0.321 e. The van der Waals surface area contributed by atoms with E-state index in [1.165, 1.54) is 25.7 Å². The Kier molecular flexibility index (Phi) is 3.27. The summed E-state index contributed by atoms with van der Waals surface area (Å²) in [4.78, 5) is 13.9. The Bertz CT molecular complexity index is 416. The second-order valence-corrected chi connectivity index (χ2v) is 4.31. The number of hydrogen-bond acceptors (Lipinski definition) is 1. The molecule has 0 bridgehead atoms. The van der Waals surface area contributed by atoms with E-state index in [-0.39, 0.29) is 10.6 Å².